The molecule has 28 heavy (non-hydrogen) atoms. The third kappa shape index (κ3) is 2.85. The van der Waals surface area contributed by atoms with Crippen molar-refractivity contribution in [2.24, 2.45) is 0 Å². The monoisotopic (exact) mass is 388 g/mol. The molecule has 0 amide bonds. The van der Waals surface area contributed by atoms with E-state index in [4.69, 9.17) is 4.42 Å². The molecule has 0 spiro atoms. The van der Waals surface area contributed by atoms with Crippen LogP contribution in [0.3, 0.4) is 0 Å². The Hall–Kier alpha value is -3.17. The van der Waals surface area contributed by atoms with Crippen molar-refractivity contribution in [1.29, 1.82) is 0 Å². The molecule has 0 radical (unpaired) electrons. The van der Waals surface area contributed by atoms with Crippen LogP contribution in [0.2, 0.25) is 0 Å². The van der Waals surface area contributed by atoms with Gasteiger partial charge in [0.1, 0.15) is 11.3 Å². The molecule has 0 bridgehead atoms. The molecule has 0 saturated carbocycles. The van der Waals surface area contributed by atoms with Gasteiger partial charge in [0.05, 0.1) is 0 Å². The molecule has 1 aliphatic rings. The molecular weight excluding hydrogens is 373 g/mol. The van der Waals surface area contributed by atoms with Crippen LogP contribution in [0.25, 0.3) is 16.7 Å². The fourth-order valence-corrected chi connectivity index (χ4v) is 3.54. The van der Waals surface area contributed by atoms with Crippen LogP contribution < -0.4 is 4.90 Å². The fraction of sp³-hybridized carbons (Fsp3) is 0.333. The molecule has 0 aliphatic carbocycles. The predicted octanol–water partition coefficient (Wildman–Crippen LogP) is 3.67. The van der Waals surface area contributed by atoms with Crippen LogP contribution in [0.15, 0.2) is 40.8 Å². The quantitative estimate of drug-likeness (QED) is 0.522. The molecule has 5 rings (SSSR count). The molecule has 4 heterocycles. The largest absolute Gasteiger partial charge is 0.453 e. The standard InChI is InChI=1S/C18H15F3N6O/c19-18(20,21)17-24-23-14-5-6-15(25-27(14)17)26-9-7-11(8-10-26)16-22-12-3-1-2-4-13(12)28-16/h1-6,11H,7-10H2. The number of anilines is 1. The number of piperidine rings is 1. The van der Waals surface area contributed by atoms with Crippen LogP contribution in [0.5, 0.6) is 0 Å². The van der Waals surface area contributed by atoms with E-state index in [1.54, 1.807) is 6.07 Å². The summed E-state index contributed by atoms with van der Waals surface area (Å²) < 4.78 is 45.8. The van der Waals surface area contributed by atoms with Gasteiger partial charge in [-0.1, -0.05) is 12.1 Å². The minimum Gasteiger partial charge on any atom is -0.440 e. The highest BCUT2D eigenvalue weighted by Crippen LogP contribution is 2.32. The van der Waals surface area contributed by atoms with Crippen molar-refractivity contribution in [3.63, 3.8) is 0 Å². The van der Waals surface area contributed by atoms with Crippen molar-refractivity contribution in [3.05, 3.63) is 48.1 Å². The Balaban J connectivity index is 1.36. The van der Waals surface area contributed by atoms with Gasteiger partial charge in [-0.3, -0.25) is 0 Å². The third-order valence-corrected chi connectivity index (χ3v) is 4.98. The zero-order valence-corrected chi connectivity index (χ0v) is 14.6. The van der Waals surface area contributed by atoms with E-state index < -0.39 is 12.0 Å². The molecule has 0 unspecified atom stereocenters. The lowest BCUT2D eigenvalue weighted by Gasteiger charge is -2.31. The summed E-state index contributed by atoms with van der Waals surface area (Å²) >= 11 is 0. The molecule has 4 aromatic rings. The minimum atomic E-state index is -4.61. The first kappa shape index (κ1) is 17.0. The SMILES string of the molecule is FC(F)(F)c1nnc2ccc(N3CCC(c4nc5ccccc5o4)CC3)nn12. The van der Waals surface area contributed by atoms with E-state index in [0.29, 0.717) is 24.8 Å². The number of para-hydroxylation sites is 2. The van der Waals surface area contributed by atoms with Gasteiger partial charge in [0.15, 0.2) is 17.1 Å². The maximum atomic E-state index is 13.1. The third-order valence-electron chi connectivity index (χ3n) is 4.98. The van der Waals surface area contributed by atoms with Gasteiger partial charge in [-0.25, -0.2) is 4.98 Å². The Labute approximate surface area is 156 Å². The van der Waals surface area contributed by atoms with E-state index in [2.05, 4.69) is 20.3 Å². The summed E-state index contributed by atoms with van der Waals surface area (Å²) in [6.45, 7) is 1.29. The van der Waals surface area contributed by atoms with Crippen LogP contribution in [0, 0.1) is 0 Å². The Morgan fingerprint density at radius 3 is 2.54 bits per heavy atom. The minimum absolute atomic E-state index is 0.0671. The first-order valence-corrected chi connectivity index (χ1v) is 8.89. The number of alkyl halides is 3. The molecule has 1 saturated heterocycles. The summed E-state index contributed by atoms with van der Waals surface area (Å²) in [5.41, 5.74) is 1.66. The van der Waals surface area contributed by atoms with Crippen LogP contribution in [-0.4, -0.2) is 37.9 Å². The van der Waals surface area contributed by atoms with Crippen LogP contribution in [0.1, 0.15) is 30.5 Å². The molecule has 1 aliphatic heterocycles. The second-order valence-electron chi connectivity index (χ2n) is 6.76. The van der Waals surface area contributed by atoms with Crippen LogP contribution in [-0.2, 0) is 6.18 Å². The van der Waals surface area contributed by atoms with Gasteiger partial charge in [0.25, 0.3) is 5.82 Å². The zero-order chi connectivity index (χ0) is 19.3. The van der Waals surface area contributed by atoms with E-state index in [9.17, 15) is 13.2 Å². The smallest absolute Gasteiger partial charge is 0.440 e. The van der Waals surface area contributed by atoms with E-state index in [1.807, 2.05) is 29.2 Å². The first-order valence-electron chi connectivity index (χ1n) is 8.89. The number of hydrogen-bond donors (Lipinski definition) is 0. The highest BCUT2D eigenvalue weighted by molar-refractivity contribution is 5.72. The molecule has 0 atom stereocenters. The number of fused-ring (bicyclic) bond motifs is 2. The lowest BCUT2D eigenvalue weighted by Crippen LogP contribution is -2.34. The van der Waals surface area contributed by atoms with Gasteiger partial charge in [0.2, 0.25) is 0 Å². The van der Waals surface area contributed by atoms with Crippen molar-refractivity contribution in [3.8, 4) is 0 Å². The van der Waals surface area contributed by atoms with Gasteiger partial charge < -0.3 is 9.32 Å². The van der Waals surface area contributed by atoms with Gasteiger partial charge in [-0.2, -0.15) is 17.7 Å². The molecule has 7 nitrogen and oxygen atoms in total. The average Bonchev–Trinajstić information content (AvgIpc) is 3.31. The number of aromatic nitrogens is 5. The Bertz CT molecular complexity index is 1110. The summed E-state index contributed by atoms with van der Waals surface area (Å²) in [7, 11) is 0. The summed E-state index contributed by atoms with van der Waals surface area (Å²) in [6.07, 6.45) is -3.05. The van der Waals surface area contributed by atoms with Crippen molar-refractivity contribution >= 4 is 22.6 Å². The topological polar surface area (TPSA) is 72.3 Å². The van der Waals surface area contributed by atoms with Crippen molar-refractivity contribution in [1.82, 2.24) is 24.8 Å². The Kier molecular flexibility index (Phi) is 3.74. The second-order valence-corrected chi connectivity index (χ2v) is 6.76. The zero-order valence-electron chi connectivity index (χ0n) is 14.6. The lowest BCUT2D eigenvalue weighted by molar-refractivity contribution is -0.146. The van der Waals surface area contributed by atoms with E-state index in [1.165, 1.54) is 6.07 Å². The average molecular weight is 388 g/mol. The normalized spacial score (nSPS) is 16.3. The van der Waals surface area contributed by atoms with Gasteiger partial charge in [-0.05, 0) is 37.1 Å². The number of halogens is 3. The highest BCUT2D eigenvalue weighted by atomic mass is 19.4. The first-order chi connectivity index (χ1) is 13.5. The van der Waals surface area contributed by atoms with Gasteiger partial charge in [-0.15, -0.1) is 15.3 Å². The number of nitrogens with zero attached hydrogens (tertiary/aromatic N) is 6. The maximum absolute atomic E-state index is 13.1. The fourth-order valence-electron chi connectivity index (χ4n) is 3.54. The van der Waals surface area contributed by atoms with Crippen LogP contribution in [0.4, 0.5) is 19.0 Å². The molecule has 1 aromatic carbocycles. The highest BCUT2D eigenvalue weighted by Gasteiger charge is 2.38. The predicted molar refractivity (Wildman–Crippen MR) is 94.0 cm³/mol. The van der Waals surface area contributed by atoms with Crippen molar-refractivity contribution in [2.45, 2.75) is 24.9 Å². The van der Waals surface area contributed by atoms with Gasteiger partial charge >= 0.3 is 6.18 Å². The maximum Gasteiger partial charge on any atom is 0.453 e. The number of oxazole rings is 1. The summed E-state index contributed by atoms with van der Waals surface area (Å²) in [5, 5.41) is 10.9. The van der Waals surface area contributed by atoms with Gasteiger partial charge in [0, 0.05) is 19.0 Å². The molecule has 0 N–H and O–H groups in total. The van der Waals surface area contributed by atoms with E-state index >= 15 is 0 Å². The summed E-state index contributed by atoms with van der Waals surface area (Å²) in [6, 6.07) is 10.8. The summed E-state index contributed by atoms with van der Waals surface area (Å²) in [5.74, 6) is 0.231. The number of benzene rings is 1. The van der Waals surface area contributed by atoms with E-state index in [0.717, 1.165) is 28.5 Å². The number of rotatable bonds is 2. The Morgan fingerprint density at radius 2 is 1.79 bits per heavy atom. The molecular formula is C18H15F3N6O. The lowest BCUT2D eigenvalue weighted by atomic mass is 9.97. The summed E-state index contributed by atoms with van der Waals surface area (Å²) in [4.78, 5) is 6.52. The van der Waals surface area contributed by atoms with Crippen molar-refractivity contribution < 1.29 is 17.6 Å². The number of hydrogen-bond acceptors (Lipinski definition) is 6. The molecule has 10 heteroatoms. The Morgan fingerprint density at radius 1 is 1.00 bits per heavy atom. The molecule has 3 aromatic heterocycles. The van der Waals surface area contributed by atoms with Crippen molar-refractivity contribution in [2.75, 3.05) is 18.0 Å². The molecule has 1 fully saturated rings. The molecule has 144 valence electrons. The second kappa shape index (κ2) is 6.18. The van der Waals surface area contributed by atoms with Crippen LogP contribution >= 0.6 is 0 Å². The van der Waals surface area contributed by atoms with E-state index in [-0.39, 0.29) is 11.6 Å².